The van der Waals surface area contributed by atoms with Gasteiger partial charge in [-0.25, -0.2) is 0 Å². The molecule has 1 atom stereocenters. The van der Waals surface area contributed by atoms with Crippen LogP contribution in [-0.4, -0.2) is 24.3 Å². The van der Waals surface area contributed by atoms with E-state index in [1.807, 2.05) is 0 Å². The van der Waals surface area contributed by atoms with Gasteiger partial charge in [0.25, 0.3) is 0 Å². The van der Waals surface area contributed by atoms with Crippen molar-refractivity contribution in [3.05, 3.63) is 12.2 Å². The smallest absolute Gasteiger partial charge is 0.0639 e. The Morgan fingerprint density at radius 1 is 1.70 bits per heavy atom. The topological polar surface area (TPSA) is 32.3 Å². The molecule has 1 fully saturated rings. The number of nitrogens with one attached hydrogen (secondary N) is 1. The summed E-state index contributed by atoms with van der Waals surface area (Å²) in [7, 11) is 0. The molecule has 58 valence electrons. The second kappa shape index (κ2) is 3.74. The van der Waals surface area contributed by atoms with Crippen LogP contribution < -0.4 is 5.32 Å². The van der Waals surface area contributed by atoms with E-state index in [1.165, 1.54) is 12.8 Å². The first kappa shape index (κ1) is 7.76. The molecule has 0 spiro atoms. The maximum atomic E-state index is 8.67. The number of aliphatic hydroxyl groups excluding tert-OH is 1. The van der Waals surface area contributed by atoms with Crippen molar-refractivity contribution in [2.75, 3.05) is 13.2 Å². The van der Waals surface area contributed by atoms with Crippen LogP contribution in [0.15, 0.2) is 12.2 Å². The number of hydrogen-bond acceptors (Lipinski definition) is 2. The summed E-state index contributed by atoms with van der Waals surface area (Å²) in [6.07, 6.45) is 3.44. The van der Waals surface area contributed by atoms with Crippen LogP contribution in [-0.2, 0) is 0 Å². The zero-order chi connectivity index (χ0) is 7.40. The average Bonchev–Trinajstić information content (AvgIpc) is 2.40. The van der Waals surface area contributed by atoms with Crippen molar-refractivity contribution < 1.29 is 5.11 Å². The van der Waals surface area contributed by atoms with Crippen molar-refractivity contribution in [3.8, 4) is 0 Å². The number of rotatable bonds is 3. The maximum absolute atomic E-state index is 8.67. The second-order valence-corrected chi connectivity index (χ2v) is 2.91. The van der Waals surface area contributed by atoms with Gasteiger partial charge in [0, 0.05) is 6.04 Å². The first-order valence-electron chi connectivity index (χ1n) is 3.84. The Hall–Kier alpha value is -0.340. The predicted molar refractivity (Wildman–Crippen MR) is 41.9 cm³/mol. The van der Waals surface area contributed by atoms with Crippen molar-refractivity contribution in [1.29, 1.82) is 0 Å². The average molecular weight is 141 g/mol. The molecule has 1 unspecified atom stereocenters. The summed E-state index contributed by atoms with van der Waals surface area (Å²) in [5.41, 5.74) is 0.944. The Morgan fingerprint density at radius 3 is 3.00 bits per heavy atom. The summed E-state index contributed by atoms with van der Waals surface area (Å²) in [5, 5.41) is 12.0. The minimum Gasteiger partial charge on any atom is -0.392 e. The van der Waals surface area contributed by atoms with Crippen LogP contribution in [0.2, 0.25) is 0 Å². The second-order valence-electron chi connectivity index (χ2n) is 2.91. The number of aliphatic hydroxyl groups is 1. The minimum atomic E-state index is 0.137. The Morgan fingerprint density at radius 2 is 2.50 bits per heavy atom. The lowest BCUT2D eigenvalue weighted by Crippen LogP contribution is -2.21. The molecule has 0 aliphatic carbocycles. The van der Waals surface area contributed by atoms with Gasteiger partial charge >= 0.3 is 0 Å². The summed E-state index contributed by atoms with van der Waals surface area (Å²) in [4.78, 5) is 0. The first-order valence-corrected chi connectivity index (χ1v) is 3.84. The summed E-state index contributed by atoms with van der Waals surface area (Å²) < 4.78 is 0. The molecule has 0 saturated carbocycles. The Labute approximate surface area is 61.9 Å². The monoisotopic (exact) mass is 141 g/mol. The molecule has 1 aliphatic heterocycles. The van der Waals surface area contributed by atoms with Gasteiger partial charge in [0.15, 0.2) is 0 Å². The predicted octanol–water partition coefficient (Wildman–Crippen LogP) is 0.677. The molecule has 2 heteroatoms. The Kier molecular flexibility index (Phi) is 2.90. The van der Waals surface area contributed by atoms with Crippen LogP contribution in [0.25, 0.3) is 0 Å². The molecular weight excluding hydrogens is 126 g/mol. The van der Waals surface area contributed by atoms with E-state index in [0.717, 1.165) is 18.5 Å². The van der Waals surface area contributed by atoms with Crippen LogP contribution >= 0.6 is 0 Å². The molecule has 1 aliphatic rings. The van der Waals surface area contributed by atoms with Gasteiger partial charge in [0.1, 0.15) is 0 Å². The van der Waals surface area contributed by atoms with E-state index in [4.69, 9.17) is 5.11 Å². The van der Waals surface area contributed by atoms with Gasteiger partial charge < -0.3 is 10.4 Å². The molecule has 0 bridgehead atoms. The zero-order valence-corrected chi connectivity index (χ0v) is 6.27. The van der Waals surface area contributed by atoms with Gasteiger partial charge in [-0.2, -0.15) is 0 Å². The summed E-state index contributed by atoms with van der Waals surface area (Å²) in [5.74, 6) is 0. The van der Waals surface area contributed by atoms with E-state index >= 15 is 0 Å². The Balaban J connectivity index is 2.17. The van der Waals surface area contributed by atoms with E-state index < -0.39 is 0 Å². The SMILES string of the molecule is C=C(CO)CC1CCCN1. The molecule has 2 nitrogen and oxygen atoms in total. The summed E-state index contributed by atoms with van der Waals surface area (Å²) in [6.45, 7) is 5.01. The zero-order valence-electron chi connectivity index (χ0n) is 6.27. The molecule has 0 aromatic rings. The van der Waals surface area contributed by atoms with E-state index in [2.05, 4.69) is 11.9 Å². The van der Waals surface area contributed by atoms with Crippen molar-refractivity contribution in [2.45, 2.75) is 25.3 Å². The largest absolute Gasteiger partial charge is 0.392 e. The van der Waals surface area contributed by atoms with Crippen LogP contribution in [0.4, 0.5) is 0 Å². The van der Waals surface area contributed by atoms with Crippen molar-refractivity contribution in [1.82, 2.24) is 5.32 Å². The summed E-state index contributed by atoms with van der Waals surface area (Å²) in [6, 6.07) is 0.583. The van der Waals surface area contributed by atoms with E-state index in [0.29, 0.717) is 6.04 Å². The van der Waals surface area contributed by atoms with Crippen LogP contribution in [0.5, 0.6) is 0 Å². The van der Waals surface area contributed by atoms with Crippen molar-refractivity contribution in [2.24, 2.45) is 0 Å². The molecule has 0 radical (unpaired) electrons. The van der Waals surface area contributed by atoms with Gasteiger partial charge in [-0.3, -0.25) is 0 Å². The third-order valence-corrected chi connectivity index (χ3v) is 1.92. The molecule has 1 saturated heterocycles. The molecular formula is C8H15NO. The highest BCUT2D eigenvalue weighted by Crippen LogP contribution is 2.12. The fourth-order valence-electron chi connectivity index (χ4n) is 1.34. The van der Waals surface area contributed by atoms with Crippen LogP contribution in [0.1, 0.15) is 19.3 Å². The van der Waals surface area contributed by atoms with Gasteiger partial charge in [0.2, 0.25) is 0 Å². The minimum absolute atomic E-state index is 0.137. The van der Waals surface area contributed by atoms with Gasteiger partial charge in [0.05, 0.1) is 6.61 Å². The highest BCUT2D eigenvalue weighted by molar-refractivity contribution is 4.98. The third kappa shape index (κ3) is 2.12. The first-order chi connectivity index (χ1) is 4.83. The third-order valence-electron chi connectivity index (χ3n) is 1.92. The molecule has 1 rings (SSSR count). The van der Waals surface area contributed by atoms with E-state index in [1.54, 1.807) is 0 Å². The van der Waals surface area contributed by atoms with Gasteiger partial charge in [-0.05, 0) is 25.8 Å². The highest BCUT2D eigenvalue weighted by atomic mass is 16.3. The molecule has 0 aromatic carbocycles. The van der Waals surface area contributed by atoms with Crippen LogP contribution in [0.3, 0.4) is 0 Å². The lowest BCUT2D eigenvalue weighted by Gasteiger charge is -2.09. The van der Waals surface area contributed by atoms with Gasteiger partial charge in [-0.1, -0.05) is 12.2 Å². The van der Waals surface area contributed by atoms with Gasteiger partial charge in [-0.15, -0.1) is 0 Å². The van der Waals surface area contributed by atoms with E-state index in [-0.39, 0.29) is 6.61 Å². The molecule has 10 heavy (non-hydrogen) atoms. The molecule has 2 N–H and O–H groups in total. The Bertz CT molecular complexity index is 116. The normalized spacial score (nSPS) is 25.1. The fourth-order valence-corrected chi connectivity index (χ4v) is 1.34. The highest BCUT2D eigenvalue weighted by Gasteiger charge is 2.13. The fraction of sp³-hybridized carbons (Fsp3) is 0.750. The quantitative estimate of drug-likeness (QED) is 0.566. The number of hydrogen-bond donors (Lipinski definition) is 2. The maximum Gasteiger partial charge on any atom is 0.0639 e. The standard InChI is InChI=1S/C8H15NO/c1-7(6-10)5-8-3-2-4-9-8/h8-10H,1-6H2. The molecule has 0 aromatic heterocycles. The van der Waals surface area contributed by atoms with Crippen molar-refractivity contribution in [3.63, 3.8) is 0 Å². The van der Waals surface area contributed by atoms with Crippen LogP contribution in [0, 0.1) is 0 Å². The lowest BCUT2D eigenvalue weighted by atomic mass is 10.1. The molecule has 1 heterocycles. The van der Waals surface area contributed by atoms with Crippen molar-refractivity contribution >= 4 is 0 Å². The van der Waals surface area contributed by atoms with E-state index in [9.17, 15) is 0 Å². The summed E-state index contributed by atoms with van der Waals surface area (Å²) >= 11 is 0. The molecule has 0 amide bonds. The lowest BCUT2D eigenvalue weighted by molar-refractivity contribution is 0.323.